The summed E-state index contributed by atoms with van der Waals surface area (Å²) < 4.78 is 0. The minimum Gasteiger partial charge on any atom is -0.208 e. The molecule has 33 heteroatoms. The third kappa shape index (κ3) is 13.2. The van der Waals surface area contributed by atoms with Crippen LogP contribution in [0.5, 0.6) is 0 Å². The fourth-order valence-electron chi connectivity index (χ4n) is 14.5. The first kappa shape index (κ1) is 68.9. The number of hydrogen-bond donors (Lipinski definition) is 0. The lowest BCUT2D eigenvalue weighted by Gasteiger charge is -2.13. The van der Waals surface area contributed by atoms with Crippen molar-refractivity contribution in [1.82, 2.24) is 169 Å². The Bertz CT molecular complexity index is 7890. The summed E-state index contributed by atoms with van der Waals surface area (Å²) in [6, 6.07) is 89.7. The van der Waals surface area contributed by atoms with Crippen LogP contribution in [0.25, 0.3) is 233 Å². The van der Waals surface area contributed by atoms with Gasteiger partial charge in [0.25, 0.3) is 0 Å². The maximum atomic E-state index is 5.01. The molecule has 0 aliphatic carbocycles. The highest BCUT2D eigenvalue weighted by atomic mass is 15.4. The summed E-state index contributed by atoms with van der Waals surface area (Å²) in [5, 5.41) is 106. The van der Waals surface area contributed by atoms with Crippen molar-refractivity contribution < 1.29 is 0 Å². The zero-order valence-corrected chi connectivity index (χ0v) is 61.7. The van der Waals surface area contributed by atoms with Gasteiger partial charge < -0.3 is 0 Å². The Hall–Kier alpha value is -17.9. The van der Waals surface area contributed by atoms with Crippen LogP contribution in [0, 0.1) is 0 Å². The monoisotopic (exact) mass is 1550 g/mol. The van der Waals surface area contributed by atoms with E-state index in [2.05, 4.69) is 221 Å². The van der Waals surface area contributed by atoms with Crippen molar-refractivity contribution in [2.24, 2.45) is 0 Å². The molecule has 0 bridgehead atoms. The first-order valence-corrected chi connectivity index (χ1v) is 37.2. The lowest BCUT2D eigenvalue weighted by atomic mass is 9.96. The molecular weight excluding hydrogens is 1510 g/mol. The number of hydrogen-bond acceptors (Lipinski definition) is 33. The van der Waals surface area contributed by atoms with E-state index in [0.717, 1.165) is 98.5 Å². The fourth-order valence-corrected chi connectivity index (χ4v) is 14.5. The largest absolute Gasteiger partial charge is 0.208 e. The molecule has 0 fully saturated rings. The van der Waals surface area contributed by atoms with Crippen LogP contribution >= 0.6 is 0 Å². The number of nitrogens with zero attached hydrogens (tertiary/aromatic N) is 33. The Labute approximate surface area is 671 Å². The first-order chi connectivity index (χ1) is 59.3. The number of fused-ring (bicyclic) bond motifs is 12. The minimum atomic E-state index is 0.483. The maximum absolute atomic E-state index is 5.01. The predicted octanol–water partition coefficient (Wildman–Crippen LogP) is 13.9. The normalized spacial score (nSPS) is 11.5. The van der Waals surface area contributed by atoms with Crippen molar-refractivity contribution in [2.75, 3.05) is 0 Å². The molecule has 0 amide bonds. The van der Waals surface area contributed by atoms with Crippen LogP contribution in [0.2, 0.25) is 0 Å². The highest BCUT2D eigenvalue weighted by Gasteiger charge is 2.22. The third-order valence-electron chi connectivity index (χ3n) is 20.3. The molecule has 0 saturated heterocycles. The first-order valence-electron chi connectivity index (χ1n) is 37.2. The molecular formula is C87H45N33. The van der Waals surface area contributed by atoms with E-state index in [1.165, 1.54) is 16.2 Å². The molecule has 9 heterocycles. The van der Waals surface area contributed by atoms with E-state index in [0.29, 0.717) is 119 Å². The number of benzene rings is 15. The second-order valence-electron chi connectivity index (χ2n) is 27.6. The van der Waals surface area contributed by atoms with Crippen LogP contribution < -0.4 is 0 Å². The van der Waals surface area contributed by atoms with E-state index in [1.54, 1.807) is 0 Å². The molecule has 0 spiro atoms. The minimum absolute atomic E-state index is 0.483. The summed E-state index contributed by atoms with van der Waals surface area (Å²) in [7, 11) is 0. The Morgan fingerprint density at radius 1 is 0.133 bits per heavy atom. The van der Waals surface area contributed by atoms with E-state index in [-0.39, 0.29) is 0 Å². The SMILES string of the molecule is c1ccc2c(-c3nc(-c4ccc5nnnnc5c4)nc(-c4ccc5nnnnc5c4)n3)c3ccccc3cc2c1.c1ccc2cc3c(-c4nc(-c5ccc6nnnnc6c5)nc(-c5ccc6nnnnc6c5)n4)cccc3cc2c1.c1ccc2cc3cc(-c4nc(-c5ccc6nnnnc6c5)nc(-c5ccc6nnnnc6c5)n4)ccc3cc2c1. The summed E-state index contributed by atoms with van der Waals surface area (Å²) in [6.07, 6.45) is 0. The zero-order valence-electron chi connectivity index (χ0n) is 61.7. The van der Waals surface area contributed by atoms with Crippen molar-refractivity contribution in [3.63, 3.8) is 0 Å². The molecule has 33 nitrogen and oxygen atoms in total. The van der Waals surface area contributed by atoms with E-state index >= 15 is 0 Å². The molecule has 0 saturated carbocycles. The summed E-state index contributed by atoms with van der Waals surface area (Å²) in [4.78, 5) is 44.2. The average Bonchev–Trinajstić information content (AvgIpc) is 0.756. The second kappa shape index (κ2) is 29.2. The van der Waals surface area contributed by atoms with Crippen LogP contribution in [0.1, 0.15) is 0 Å². The van der Waals surface area contributed by atoms with Crippen LogP contribution in [-0.2, 0) is 0 Å². The Balaban J connectivity index is 0.000000108. The van der Waals surface area contributed by atoms with Gasteiger partial charge >= 0.3 is 0 Å². The molecule has 558 valence electrons. The van der Waals surface area contributed by atoms with Gasteiger partial charge in [0.2, 0.25) is 0 Å². The Morgan fingerprint density at radius 2 is 0.367 bits per heavy atom. The summed E-state index contributed by atoms with van der Waals surface area (Å²) in [6.45, 7) is 0. The molecule has 0 aliphatic heterocycles. The number of rotatable bonds is 9. The average molecular weight is 1550 g/mol. The van der Waals surface area contributed by atoms with Gasteiger partial charge in [-0.05, 0) is 273 Å². The lowest BCUT2D eigenvalue weighted by Crippen LogP contribution is -2.02. The van der Waals surface area contributed by atoms with E-state index < -0.39 is 0 Å². The molecule has 24 aromatic rings. The smallest absolute Gasteiger partial charge is 0.165 e. The van der Waals surface area contributed by atoms with Crippen molar-refractivity contribution >= 4 is 131 Å². The summed E-state index contributed by atoms with van der Waals surface area (Å²) >= 11 is 0. The zero-order chi connectivity index (χ0) is 79.4. The van der Waals surface area contributed by atoms with Gasteiger partial charge in [0.05, 0.1) is 0 Å². The van der Waals surface area contributed by atoms with Crippen molar-refractivity contribution in [3.8, 4) is 102 Å². The summed E-state index contributed by atoms with van der Waals surface area (Å²) in [5.74, 6) is 4.53. The van der Waals surface area contributed by atoms with Gasteiger partial charge in [-0.2, -0.15) is 0 Å². The summed E-state index contributed by atoms with van der Waals surface area (Å²) in [5.41, 5.74) is 14.5. The van der Waals surface area contributed by atoms with Crippen molar-refractivity contribution in [3.05, 3.63) is 273 Å². The third-order valence-corrected chi connectivity index (χ3v) is 20.3. The fraction of sp³-hybridized carbons (Fsp3) is 0. The van der Waals surface area contributed by atoms with Crippen molar-refractivity contribution in [2.45, 2.75) is 0 Å². The topological polar surface area (TPSA) is 425 Å². The van der Waals surface area contributed by atoms with E-state index in [4.69, 9.17) is 44.9 Å². The molecule has 15 aromatic carbocycles. The van der Waals surface area contributed by atoms with Crippen LogP contribution in [0.4, 0.5) is 0 Å². The molecule has 120 heavy (non-hydrogen) atoms. The molecule has 0 atom stereocenters. The molecule has 0 N–H and O–H groups in total. The quantitative estimate of drug-likeness (QED) is 0.121. The molecule has 0 aliphatic rings. The predicted molar refractivity (Wildman–Crippen MR) is 446 cm³/mol. The molecule has 9 aromatic heterocycles. The Morgan fingerprint density at radius 3 is 0.717 bits per heavy atom. The van der Waals surface area contributed by atoms with Gasteiger partial charge in [-0.3, -0.25) is 0 Å². The van der Waals surface area contributed by atoms with Gasteiger partial charge in [0, 0.05) is 50.1 Å². The molecule has 24 rings (SSSR count). The number of aromatic nitrogens is 33. The highest BCUT2D eigenvalue weighted by molar-refractivity contribution is 6.12. The van der Waals surface area contributed by atoms with Gasteiger partial charge in [0.15, 0.2) is 52.4 Å². The van der Waals surface area contributed by atoms with Crippen LogP contribution in [0.15, 0.2) is 273 Å². The second-order valence-corrected chi connectivity index (χ2v) is 27.6. The maximum Gasteiger partial charge on any atom is 0.165 e. The Kier molecular flexibility index (Phi) is 16.8. The molecule has 0 unspecified atom stereocenters. The standard InChI is InChI=1S/3C29H15N11/c1-3-7-20-16(5-1)13-17-6-2-4-8-21(17)26(20)29-31-27(18-9-11-22-24(14-18)35-39-37-33-22)30-28(32-29)19-10-12-23-25(15-19)36-40-38-34-23;1-2-5-17-13-22-18(12-16(17)4-1)6-3-7-21(22)29-31-27(19-8-10-23-25(14-19)35-39-37-33-23)30-28(32-29)20-9-11-24-26(15-20)36-40-38-34-24;1-2-4-17-12-22-13-19(6-5-18(22)11-16(17)3-1)27-30-28(20-7-9-23-25(14-20)35-39-37-33-23)32-29(31-27)21-8-10-24-26(15-21)36-40-38-34-24/h3*1-15H. The van der Waals surface area contributed by atoms with E-state index in [9.17, 15) is 0 Å². The van der Waals surface area contributed by atoms with Crippen LogP contribution in [-0.4, -0.2) is 169 Å². The molecule has 0 radical (unpaired) electrons. The van der Waals surface area contributed by atoms with Gasteiger partial charge in [-0.25, -0.2) is 44.9 Å². The van der Waals surface area contributed by atoms with Crippen molar-refractivity contribution in [1.29, 1.82) is 0 Å². The van der Waals surface area contributed by atoms with Gasteiger partial charge in [-0.15, -0.1) is 61.2 Å². The van der Waals surface area contributed by atoms with E-state index in [1.807, 2.05) is 176 Å². The van der Waals surface area contributed by atoms with Gasteiger partial charge in [-0.1, -0.05) is 127 Å². The lowest BCUT2D eigenvalue weighted by molar-refractivity contribution is 0.797. The highest BCUT2D eigenvalue weighted by Crippen LogP contribution is 2.39. The van der Waals surface area contributed by atoms with Crippen LogP contribution in [0.3, 0.4) is 0 Å². The van der Waals surface area contributed by atoms with Gasteiger partial charge in [0.1, 0.15) is 66.2 Å².